The Kier molecular flexibility index (Phi) is 7.87. The van der Waals surface area contributed by atoms with Crippen LogP contribution in [0.4, 0.5) is 0 Å². The van der Waals surface area contributed by atoms with Crippen LogP contribution in [0.15, 0.2) is 24.5 Å². The molecule has 0 bridgehead atoms. The van der Waals surface area contributed by atoms with E-state index < -0.39 is 0 Å². The molecule has 3 nitrogen and oxygen atoms in total. The first-order valence-corrected chi connectivity index (χ1v) is 7.40. The molecule has 0 spiro atoms. The first-order chi connectivity index (χ1) is 9.22. The third-order valence-corrected chi connectivity index (χ3v) is 3.26. The fourth-order valence-corrected chi connectivity index (χ4v) is 2.10. The van der Waals surface area contributed by atoms with Gasteiger partial charge in [0.05, 0.1) is 0 Å². The van der Waals surface area contributed by atoms with Gasteiger partial charge in [0, 0.05) is 24.9 Å². The van der Waals surface area contributed by atoms with E-state index in [2.05, 4.69) is 24.1 Å². The summed E-state index contributed by atoms with van der Waals surface area (Å²) >= 11 is 0. The van der Waals surface area contributed by atoms with E-state index in [4.69, 9.17) is 0 Å². The molecule has 0 saturated carbocycles. The van der Waals surface area contributed by atoms with Crippen LogP contribution in [-0.4, -0.2) is 16.9 Å². The lowest BCUT2D eigenvalue weighted by molar-refractivity contribution is -0.121. The Morgan fingerprint density at radius 3 is 2.89 bits per heavy atom. The molecule has 0 aromatic carbocycles. The largest absolute Gasteiger partial charge is 0.354 e. The van der Waals surface area contributed by atoms with Crippen LogP contribution in [0.1, 0.15) is 57.9 Å². The van der Waals surface area contributed by atoms with Crippen molar-refractivity contribution in [3.8, 4) is 0 Å². The Hall–Kier alpha value is -1.38. The zero-order valence-corrected chi connectivity index (χ0v) is 12.2. The van der Waals surface area contributed by atoms with Crippen molar-refractivity contribution >= 4 is 5.91 Å². The molecule has 0 fully saturated rings. The molecule has 0 saturated heterocycles. The molecule has 0 aliphatic rings. The van der Waals surface area contributed by atoms with Gasteiger partial charge in [-0.3, -0.25) is 9.78 Å². The van der Waals surface area contributed by atoms with Crippen LogP contribution < -0.4 is 5.32 Å². The highest BCUT2D eigenvalue weighted by molar-refractivity contribution is 5.76. The van der Waals surface area contributed by atoms with Crippen molar-refractivity contribution in [1.29, 1.82) is 0 Å². The Balaban J connectivity index is 2.13. The van der Waals surface area contributed by atoms with E-state index >= 15 is 0 Å². The van der Waals surface area contributed by atoms with E-state index in [9.17, 15) is 4.79 Å². The molecule has 1 rings (SSSR count). The molecule has 0 aliphatic heterocycles. The van der Waals surface area contributed by atoms with E-state index in [0.29, 0.717) is 12.5 Å². The molecule has 0 radical (unpaired) electrons. The van der Waals surface area contributed by atoms with Crippen LogP contribution in [-0.2, 0) is 11.2 Å². The number of aromatic nitrogens is 1. The third-order valence-electron chi connectivity index (χ3n) is 3.26. The number of amides is 1. The molecule has 0 aliphatic carbocycles. The molecular weight excluding hydrogens is 236 g/mol. The minimum Gasteiger partial charge on any atom is -0.354 e. The van der Waals surface area contributed by atoms with E-state index in [-0.39, 0.29) is 5.91 Å². The predicted octanol–water partition coefficient (Wildman–Crippen LogP) is 3.49. The number of hydrogen-bond donors (Lipinski definition) is 1. The van der Waals surface area contributed by atoms with E-state index in [0.717, 1.165) is 18.4 Å². The minimum absolute atomic E-state index is 0.145. The normalized spacial score (nSPS) is 12.1. The average Bonchev–Trinajstić information content (AvgIpc) is 2.42. The lowest BCUT2D eigenvalue weighted by atomic mass is 10.1. The Morgan fingerprint density at radius 2 is 2.21 bits per heavy atom. The summed E-state index contributed by atoms with van der Waals surface area (Å²) in [4.78, 5) is 15.8. The lowest BCUT2D eigenvalue weighted by Gasteiger charge is -2.13. The van der Waals surface area contributed by atoms with Crippen LogP contribution in [0.25, 0.3) is 0 Å². The van der Waals surface area contributed by atoms with Crippen molar-refractivity contribution in [1.82, 2.24) is 10.3 Å². The highest BCUT2D eigenvalue weighted by atomic mass is 16.1. The monoisotopic (exact) mass is 262 g/mol. The summed E-state index contributed by atoms with van der Waals surface area (Å²) in [5, 5.41) is 3.07. The van der Waals surface area contributed by atoms with Crippen molar-refractivity contribution in [3.05, 3.63) is 30.1 Å². The van der Waals surface area contributed by atoms with Crippen LogP contribution in [0.2, 0.25) is 0 Å². The number of rotatable bonds is 9. The molecule has 3 heteroatoms. The Bertz CT molecular complexity index is 351. The molecule has 1 unspecified atom stereocenters. The maximum Gasteiger partial charge on any atom is 0.220 e. The molecule has 1 aromatic heterocycles. The second kappa shape index (κ2) is 9.54. The van der Waals surface area contributed by atoms with Crippen LogP contribution >= 0.6 is 0 Å². The Labute approximate surface area is 116 Å². The first kappa shape index (κ1) is 15.7. The van der Waals surface area contributed by atoms with Gasteiger partial charge >= 0.3 is 0 Å². The van der Waals surface area contributed by atoms with Gasteiger partial charge in [-0.25, -0.2) is 0 Å². The molecular formula is C16H26N2O. The molecule has 1 heterocycles. The summed E-state index contributed by atoms with van der Waals surface area (Å²) in [6.45, 7) is 4.30. The summed E-state index contributed by atoms with van der Waals surface area (Å²) in [6, 6.07) is 4.20. The third kappa shape index (κ3) is 7.60. The summed E-state index contributed by atoms with van der Waals surface area (Å²) in [5.74, 6) is 0.145. The van der Waals surface area contributed by atoms with Crippen LogP contribution in [0.5, 0.6) is 0 Å². The maximum absolute atomic E-state index is 11.8. The molecule has 19 heavy (non-hydrogen) atoms. The van der Waals surface area contributed by atoms with Gasteiger partial charge in [-0.2, -0.15) is 0 Å². The van der Waals surface area contributed by atoms with Crippen molar-refractivity contribution in [3.63, 3.8) is 0 Å². The van der Waals surface area contributed by atoms with Gasteiger partial charge in [-0.15, -0.1) is 0 Å². The molecule has 106 valence electrons. The molecule has 1 aromatic rings. The van der Waals surface area contributed by atoms with Crippen LogP contribution in [0.3, 0.4) is 0 Å². The van der Waals surface area contributed by atoms with Crippen molar-refractivity contribution < 1.29 is 4.79 Å². The van der Waals surface area contributed by atoms with Gasteiger partial charge in [0.25, 0.3) is 0 Å². The number of carbonyl (C=O) groups is 1. The number of aryl methyl sites for hydroxylation is 1. The number of unbranched alkanes of at least 4 members (excludes halogenated alkanes) is 3. The first-order valence-electron chi connectivity index (χ1n) is 7.40. The van der Waals surface area contributed by atoms with Gasteiger partial charge in [-0.05, 0) is 31.4 Å². The van der Waals surface area contributed by atoms with E-state index in [1.807, 2.05) is 18.3 Å². The smallest absolute Gasteiger partial charge is 0.220 e. The number of hydrogen-bond acceptors (Lipinski definition) is 2. The summed E-state index contributed by atoms with van der Waals surface area (Å²) in [5.41, 5.74) is 1.12. The SMILES string of the molecule is CCCCCCC(C)NC(=O)CCc1cccnc1. The standard InChI is InChI=1S/C16H26N2O/c1-3-4-5-6-8-14(2)18-16(19)11-10-15-9-7-12-17-13-15/h7,9,12-14H,3-6,8,10-11H2,1-2H3,(H,18,19). The zero-order chi connectivity index (χ0) is 13.9. The van der Waals surface area contributed by atoms with Gasteiger partial charge in [0.1, 0.15) is 0 Å². The van der Waals surface area contributed by atoms with Crippen LogP contribution in [0, 0.1) is 0 Å². The summed E-state index contributed by atoms with van der Waals surface area (Å²) in [7, 11) is 0. The quantitative estimate of drug-likeness (QED) is 0.692. The highest BCUT2D eigenvalue weighted by Gasteiger charge is 2.07. The van der Waals surface area contributed by atoms with Crippen molar-refractivity contribution in [2.45, 2.75) is 64.8 Å². The summed E-state index contributed by atoms with van der Waals surface area (Å²) in [6.07, 6.45) is 11.0. The van der Waals surface area contributed by atoms with Crippen molar-refractivity contribution in [2.24, 2.45) is 0 Å². The number of nitrogens with zero attached hydrogens (tertiary/aromatic N) is 1. The lowest BCUT2D eigenvalue weighted by Crippen LogP contribution is -2.32. The summed E-state index contributed by atoms with van der Waals surface area (Å²) < 4.78 is 0. The van der Waals surface area contributed by atoms with Gasteiger partial charge in [0.2, 0.25) is 5.91 Å². The average molecular weight is 262 g/mol. The number of pyridine rings is 1. The topological polar surface area (TPSA) is 42.0 Å². The minimum atomic E-state index is 0.145. The number of nitrogens with one attached hydrogen (secondary N) is 1. The van der Waals surface area contributed by atoms with Gasteiger partial charge in [-0.1, -0.05) is 38.7 Å². The molecule has 1 amide bonds. The van der Waals surface area contributed by atoms with E-state index in [1.165, 1.54) is 25.7 Å². The van der Waals surface area contributed by atoms with Gasteiger partial charge in [0.15, 0.2) is 0 Å². The fraction of sp³-hybridized carbons (Fsp3) is 0.625. The Morgan fingerprint density at radius 1 is 1.37 bits per heavy atom. The molecule has 1 atom stereocenters. The number of carbonyl (C=O) groups excluding carboxylic acids is 1. The second-order valence-corrected chi connectivity index (χ2v) is 5.18. The van der Waals surface area contributed by atoms with E-state index in [1.54, 1.807) is 6.20 Å². The molecule has 1 N–H and O–H groups in total. The highest BCUT2D eigenvalue weighted by Crippen LogP contribution is 2.06. The maximum atomic E-state index is 11.8. The second-order valence-electron chi connectivity index (χ2n) is 5.18. The predicted molar refractivity (Wildman–Crippen MR) is 78.9 cm³/mol. The van der Waals surface area contributed by atoms with Gasteiger partial charge < -0.3 is 5.32 Å². The van der Waals surface area contributed by atoms with Crippen molar-refractivity contribution in [2.75, 3.05) is 0 Å². The zero-order valence-electron chi connectivity index (χ0n) is 12.2. The fourth-order valence-electron chi connectivity index (χ4n) is 2.10.